The Labute approximate surface area is 90.1 Å². The van der Waals surface area contributed by atoms with Gasteiger partial charge in [-0.15, -0.1) is 0 Å². The van der Waals surface area contributed by atoms with Crippen LogP contribution < -0.4 is 11.5 Å². The van der Waals surface area contributed by atoms with Crippen molar-refractivity contribution in [1.82, 2.24) is 9.47 Å². The van der Waals surface area contributed by atoms with Crippen LogP contribution in [0.1, 0.15) is 17.7 Å². The lowest BCUT2D eigenvalue weighted by Gasteiger charge is -2.35. The van der Waals surface area contributed by atoms with Gasteiger partial charge in [-0.05, 0) is 18.9 Å². The van der Waals surface area contributed by atoms with Gasteiger partial charge in [0.15, 0.2) is 0 Å². The molecule has 1 saturated heterocycles. The second kappa shape index (κ2) is 3.53. The fourth-order valence-electron chi connectivity index (χ4n) is 2.01. The van der Waals surface area contributed by atoms with Crippen molar-refractivity contribution in [1.29, 1.82) is 0 Å². The smallest absolute Gasteiger partial charge is 0.0893 e. The number of anilines is 1. The molecule has 0 saturated carbocycles. The first kappa shape index (κ1) is 9.96. The summed E-state index contributed by atoms with van der Waals surface area (Å²) in [5.74, 6) is 0. The molecule has 82 valence electrons. The Hall–Kier alpha value is -1.58. The molecule has 2 heterocycles. The molecule has 1 aliphatic heterocycles. The van der Waals surface area contributed by atoms with E-state index >= 15 is 0 Å². The van der Waals surface area contributed by atoms with E-state index in [0.717, 1.165) is 35.7 Å². The number of hydrogen-bond acceptors (Lipinski definition) is 3. The summed E-state index contributed by atoms with van der Waals surface area (Å²) in [6.45, 7) is 4.17. The Morgan fingerprint density at radius 3 is 2.47 bits per heavy atom. The van der Waals surface area contributed by atoms with Crippen LogP contribution in [0, 0.1) is 6.92 Å². The summed E-state index contributed by atoms with van der Waals surface area (Å²) in [7, 11) is 2.00. The minimum atomic E-state index is 0.834. The van der Waals surface area contributed by atoms with Gasteiger partial charge < -0.3 is 20.9 Å². The average Bonchev–Trinajstić information content (AvgIpc) is 2.35. The molecule has 0 aromatic carbocycles. The SMILES string of the molecule is Cc1cn(C)c(/C(=C\N)N2CCC2)c1N. The molecule has 4 N–H and O–H groups in total. The standard InChI is InChI=1S/C11H18N4/c1-8-7-14(2)11(10(8)13)9(6-12)15-4-3-5-15/h6-7H,3-5,12-13H2,1-2H3/b9-6+. The summed E-state index contributed by atoms with van der Waals surface area (Å²) < 4.78 is 2.04. The molecule has 0 bridgehead atoms. The largest absolute Gasteiger partial charge is 0.403 e. The molecule has 0 aliphatic carbocycles. The topological polar surface area (TPSA) is 60.2 Å². The normalized spacial score (nSPS) is 16.7. The van der Waals surface area contributed by atoms with Crippen molar-refractivity contribution in [3.05, 3.63) is 23.7 Å². The highest BCUT2D eigenvalue weighted by molar-refractivity contribution is 5.74. The van der Waals surface area contributed by atoms with Gasteiger partial charge in [0.05, 0.1) is 17.1 Å². The first-order valence-corrected chi connectivity index (χ1v) is 5.23. The molecule has 4 heteroatoms. The molecule has 15 heavy (non-hydrogen) atoms. The van der Waals surface area contributed by atoms with E-state index in [1.807, 2.05) is 24.7 Å². The molecular formula is C11H18N4. The first-order chi connectivity index (χ1) is 7.15. The monoisotopic (exact) mass is 206 g/mol. The van der Waals surface area contributed by atoms with Crippen molar-refractivity contribution in [3.8, 4) is 0 Å². The summed E-state index contributed by atoms with van der Waals surface area (Å²) in [4.78, 5) is 2.26. The van der Waals surface area contributed by atoms with Gasteiger partial charge in [-0.3, -0.25) is 0 Å². The summed E-state index contributed by atoms with van der Waals surface area (Å²) in [5, 5.41) is 0. The summed E-state index contributed by atoms with van der Waals surface area (Å²) in [5.41, 5.74) is 15.8. The number of nitrogens with two attached hydrogens (primary N) is 2. The third-order valence-electron chi connectivity index (χ3n) is 3.02. The van der Waals surface area contributed by atoms with Crippen molar-refractivity contribution in [3.63, 3.8) is 0 Å². The Kier molecular flexibility index (Phi) is 2.34. The number of nitrogen functional groups attached to an aromatic ring is 1. The van der Waals surface area contributed by atoms with Crippen molar-refractivity contribution in [2.24, 2.45) is 12.8 Å². The van der Waals surface area contributed by atoms with Crippen molar-refractivity contribution in [2.45, 2.75) is 13.3 Å². The zero-order chi connectivity index (χ0) is 11.0. The van der Waals surface area contributed by atoms with Crippen LogP contribution >= 0.6 is 0 Å². The quantitative estimate of drug-likeness (QED) is 0.755. The van der Waals surface area contributed by atoms with E-state index in [9.17, 15) is 0 Å². The fraction of sp³-hybridized carbons (Fsp3) is 0.455. The number of likely N-dealkylation sites (tertiary alicyclic amines) is 1. The minimum Gasteiger partial charge on any atom is -0.403 e. The second-order valence-corrected chi connectivity index (χ2v) is 4.08. The number of aryl methyl sites for hydroxylation is 2. The van der Waals surface area contributed by atoms with E-state index in [0.29, 0.717) is 0 Å². The predicted octanol–water partition coefficient (Wildman–Crippen LogP) is 0.879. The maximum Gasteiger partial charge on any atom is 0.0893 e. The zero-order valence-electron chi connectivity index (χ0n) is 9.33. The molecule has 0 spiro atoms. The first-order valence-electron chi connectivity index (χ1n) is 5.23. The van der Waals surface area contributed by atoms with Crippen molar-refractivity contribution >= 4 is 11.4 Å². The summed E-state index contributed by atoms with van der Waals surface area (Å²) in [6.07, 6.45) is 4.93. The van der Waals surface area contributed by atoms with Gasteiger partial charge in [0.1, 0.15) is 0 Å². The highest BCUT2D eigenvalue weighted by atomic mass is 15.2. The van der Waals surface area contributed by atoms with Crippen LogP contribution in [0.25, 0.3) is 5.70 Å². The molecular weight excluding hydrogens is 188 g/mol. The summed E-state index contributed by atoms with van der Waals surface area (Å²) >= 11 is 0. The molecule has 1 aromatic rings. The van der Waals surface area contributed by atoms with Crippen LogP contribution in [0.5, 0.6) is 0 Å². The molecule has 2 rings (SSSR count). The molecule has 0 radical (unpaired) electrons. The predicted molar refractivity (Wildman–Crippen MR) is 62.9 cm³/mol. The van der Waals surface area contributed by atoms with Gasteiger partial charge in [0, 0.05) is 32.5 Å². The second-order valence-electron chi connectivity index (χ2n) is 4.08. The van der Waals surface area contributed by atoms with Gasteiger partial charge in [0.2, 0.25) is 0 Å². The van der Waals surface area contributed by atoms with E-state index in [4.69, 9.17) is 11.5 Å². The van der Waals surface area contributed by atoms with Crippen LogP contribution in [-0.2, 0) is 7.05 Å². The molecule has 1 fully saturated rings. The van der Waals surface area contributed by atoms with E-state index in [1.165, 1.54) is 6.42 Å². The number of nitrogens with zero attached hydrogens (tertiary/aromatic N) is 2. The third kappa shape index (κ3) is 1.46. The number of aromatic nitrogens is 1. The molecule has 0 amide bonds. The molecule has 0 unspecified atom stereocenters. The Bertz CT molecular complexity index is 399. The highest BCUT2D eigenvalue weighted by Gasteiger charge is 2.22. The van der Waals surface area contributed by atoms with E-state index in [2.05, 4.69) is 4.90 Å². The van der Waals surface area contributed by atoms with E-state index in [1.54, 1.807) is 6.20 Å². The van der Waals surface area contributed by atoms with Crippen LogP contribution in [0.15, 0.2) is 12.4 Å². The van der Waals surface area contributed by atoms with Gasteiger partial charge in [-0.25, -0.2) is 0 Å². The van der Waals surface area contributed by atoms with E-state index in [-0.39, 0.29) is 0 Å². The Morgan fingerprint density at radius 2 is 2.13 bits per heavy atom. The van der Waals surface area contributed by atoms with Crippen LogP contribution in [0.3, 0.4) is 0 Å². The zero-order valence-corrected chi connectivity index (χ0v) is 9.33. The maximum atomic E-state index is 6.05. The summed E-state index contributed by atoms with van der Waals surface area (Å²) in [6, 6.07) is 0. The minimum absolute atomic E-state index is 0.834. The molecule has 0 atom stereocenters. The average molecular weight is 206 g/mol. The molecule has 1 aromatic heterocycles. The van der Waals surface area contributed by atoms with Gasteiger partial charge in [0.25, 0.3) is 0 Å². The fourth-order valence-corrected chi connectivity index (χ4v) is 2.01. The van der Waals surface area contributed by atoms with Crippen LogP contribution in [0.4, 0.5) is 5.69 Å². The number of hydrogen-bond donors (Lipinski definition) is 2. The third-order valence-corrected chi connectivity index (χ3v) is 3.02. The molecule has 4 nitrogen and oxygen atoms in total. The van der Waals surface area contributed by atoms with Gasteiger partial charge in [-0.2, -0.15) is 0 Å². The highest BCUT2D eigenvalue weighted by Crippen LogP contribution is 2.30. The van der Waals surface area contributed by atoms with Crippen molar-refractivity contribution in [2.75, 3.05) is 18.8 Å². The lowest BCUT2D eigenvalue weighted by Crippen LogP contribution is -2.36. The maximum absolute atomic E-state index is 6.05. The van der Waals surface area contributed by atoms with Crippen LogP contribution in [0.2, 0.25) is 0 Å². The van der Waals surface area contributed by atoms with Crippen LogP contribution in [-0.4, -0.2) is 22.6 Å². The van der Waals surface area contributed by atoms with Gasteiger partial charge in [-0.1, -0.05) is 0 Å². The van der Waals surface area contributed by atoms with Crippen molar-refractivity contribution < 1.29 is 0 Å². The van der Waals surface area contributed by atoms with Gasteiger partial charge >= 0.3 is 0 Å². The lowest BCUT2D eigenvalue weighted by atomic mass is 10.1. The lowest BCUT2D eigenvalue weighted by molar-refractivity contribution is 0.280. The Morgan fingerprint density at radius 1 is 1.47 bits per heavy atom. The van der Waals surface area contributed by atoms with E-state index < -0.39 is 0 Å². The molecule has 1 aliphatic rings. The number of rotatable bonds is 2. The Balaban J connectivity index is 2.42.